The monoisotopic (exact) mass is 242 g/mol. The normalized spacial score (nSPS) is 28.6. The lowest BCUT2D eigenvalue weighted by Crippen LogP contribution is -2.18. The van der Waals surface area contributed by atoms with Gasteiger partial charge in [-0.25, -0.2) is 9.59 Å². The van der Waals surface area contributed by atoms with Crippen LogP contribution in [0.25, 0.3) is 0 Å². The molecule has 0 saturated carbocycles. The van der Waals surface area contributed by atoms with Crippen LogP contribution >= 0.6 is 0 Å². The van der Waals surface area contributed by atoms with Gasteiger partial charge in [0, 0.05) is 11.6 Å². The molecule has 2 N–H and O–H groups in total. The number of epoxide rings is 2. The average Bonchev–Trinajstić information content (AvgIpc) is 3.06. The minimum atomic E-state index is -1.24. The Kier molecular flexibility index (Phi) is 3.44. The van der Waals surface area contributed by atoms with Crippen molar-refractivity contribution < 1.29 is 29.3 Å². The molecule has 2 fully saturated rings. The van der Waals surface area contributed by atoms with Crippen LogP contribution in [-0.4, -0.2) is 47.6 Å². The van der Waals surface area contributed by atoms with Crippen molar-refractivity contribution in [2.75, 3.05) is 13.2 Å². The van der Waals surface area contributed by atoms with E-state index in [-0.39, 0.29) is 23.7 Å². The predicted molar refractivity (Wildman–Crippen MR) is 55.6 cm³/mol. The first-order valence-electron chi connectivity index (χ1n) is 5.47. The van der Waals surface area contributed by atoms with Crippen molar-refractivity contribution in [1.82, 2.24) is 0 Å². The van der Waals surface area contributed by atoms with Gasteiger partial charge in [0.15, 0.2) is 0 Å². The number of carbonyl (C=O) groups is 2. The zero-order chi connectivity index (χ0) is 12.4. The molecule has 0 bridgehead atoms. The van der Waals surface area contributed by atoms with Crippen molar-refractivity contribution in [1.29, 1.82) is 0 Å². The Morgan fingerprint density at radius 1 is 1.18 bits per heavy atom. The second-order valence-electron chi connectivity index (χ2n) is 4.32. The molecule has 17 heavy (non-hydrogen) atoms. The third-order valence-electron chi connectivity index (χ3n) is 2.87. The van der Waals surface area contributed by atoms with Crippen LogP contribution in [0.1, 0.15) is 12.8 Å². The van der Waals surface area contributed by atoms with Crippen LogP contribution in [0, 0.1) is 5.92 Å². The van der Waals surface area contributed by atoms with Gasteiger partial charge in [-0.3, -0.25) is 0 Å². The van der Waals surface area contributed by atoms with E-state index in [9.17, 15) is 9.59 Å². The summed E-state index contributed by atoms with van der Waals surface area (Å²) in [6, 6.07) is 0. The van der Waals surface area contributed by atoms with Crippen molar-refractivity contribution in [2.24, 2.45) is 5.92 Å². The number of aliphatic carboxylic acids is 2. The Morgan fingerprint density at radius 3 is 1.94 bits per heavy atom. The van der Waals surface area contributed by atoms with Crippen LogP contribution in [-0.2, 0) is 19.1 Å². The Labute approximate surface area is 97.8 Å². The quantitative estimate of drug-likeness (QED) is 0.491. The van der Waals surface area contributed by atoms with Crippen molar-refractivity contribution in [3.05, 3.63) is 11.6 Å². The highest BCUT2D eigenvalue weighted by Crippen LogP contribution is 2.32. The second kappa shape index (κ2) is 4.85. The Hall–Kier alpha value is -1.40. The largest absolute Gasteiger partial charge is 0.478 e. The van der Waals surface area contributed by atoms with Gasteiger partial charge in [0.1, 0.15) is 0 Å². The van der Waals surface area contributed by atoms with E-state index in [4.69, 9.17) is 19.7 Å². The molecule has 2 atom stereocenters. The zero-order valence-corrected chi connectivity index (χ0v) is 9.17. The smallest absolute Gasteiger partial charge is 0.332 e. The summed E-state index contributed by atoms with van der Waals surface area (Å²) in [6.07, 6.45) is 2.00. The molecule has 2 heterocycles. The number of carboxylic acids is 2. The molecule has 0 aromatic heterocycles. The van der Waals surface area contributed by atoms with Gasteiger partial charge in [0.2, 0.25) is 0 Å². The molecular weight excluding hydrogens is 228 g/mol. The number of hydrogen-bond donors (Lipinski definition) is 2. The lowest BCUT2D eigenvalue weighted by molar-refractivity contribution is -0.135. The highest BCUT2D eigenvalue weighted by Gasteiger charge is 2.35. The van der Waals surface area contributed by atoms with E-state index >= 15 is 0 Å². The number of carboxylic acid groups (broad SMARTS) is 2. The maximum Gasteiger partial charge on any atom is 0.332 e. The molecule has 2 saturated heterocycles. The lowest BCUT2D eigenvalue weighted by Gasteiger charge is -2.15. The molecule has 6 heteroatoms. The molecule has 0 spiro atoms. The van der Waals surface area contributed by atoms with Gasteiger partial charge in [0.05, 0.1) is 25.4 Å². The average molecular weight is 242 g/mol. The molecule has 2 aliphatic rings. The molecule has 0 radical (unpaired) electrons. The minimum absolute atomic E-state index is 0.0651. The third-order valence-corrected chi connectivity index (χ3v) is 2.87. The first-order valence-corrected chi connectivity index (χ1v) is 5.47. The Morgan fingerprint density at radius 2 is 1.65 bits per heavy atom. The summed E-state index contributed by atoms with van der Waals surface area (Å²) >= 11 is 0. The number of rotatable bonds is 7. The Balaban J connectivity index is 2.07. The van der Waals surface area contributed by atoms with Crippen molar-refractivity contribution >= 4 is 11.9 Å². The van der Waals surface area contributed by atoms with Gasteiger partial charge in [0.25, 0.3) is 0 Å². The first kappa shape index (κ1) is 12.1. The van der Waals surface area contributed by atoms with Gasteiger partial charge in [-0.2, -0.15) is 0 Å². The van der Waals surface area contributed by atoms with E-state index in [2.05, 4.69) is 0 Å². The fourth-order valence-corrected chi connectivity index (χ4v) is 1.88. The molecule has 0 aromatic carbocycles. The van der Waals surface area contributed by atoms with E-state index in [1.807, 2.05) is 0 Å². The molecule has 2 rings (SSSR count). The van der Waals surface area contributed by atoms with Crippen LogP contribution in [0.4, 0.5) is 0 Å². The number of ether oxygens (including phenoxy) is 2. The maximum atomic E-state index is 11.1. The van der Waals surface area contributed by atoms with Gasteiger partial charge >= 0.3 is 11.9 Å². The summed E-state index contributed by atoms with van der Waals surface area (Å²) in [5.41, 5.74) is -0.0662. The zero-order valence-electron chi connectivity index (χ0n) is 9.17. The highest BCUT2D eigenvalue weighted by atomic mass is 16.6. The third kappa shape index (κ3) is 3.83. The Bertz CT molecular complexity index is 339. The summed E-state index contributed by atoms with van der Waals surface area (Å²) in [7, 11) is 0. The fourth-order valence-electron chi connectivity index (χ4n) is 1.88. The van der Waals surface area contributed by atoms with Crippen LogP contribution < -0.4 is 0 Å². The van der Waals surface area contributed by atoms with E-state index in [0.29, 0.717) is 26.1 Å². The summed E-state index contributed by atoms with van der Waals surface area (Å²) in [4.78, 5) is 21.7. The van der Waals surface area contributed by atoms with Gasteiger partial charge in [-0.1, -0.05) is 0 Å². The first-order chi connectivity index (χ1) is 8.06. The molecule has 2 aliphatic heterocycles. The molecule has 6 nitrogen and oxygen atoms in total. The lowest BCUT2D eigenvalue weighted by atomic mass is 9.89. The minimum Gasteiger partial charge on any atom is -0.478 e. The summed E-state index contributed by atoms with van der Waals surface area (Å²) in [5.74, 6) is -2.73. The summed E-state index contributed by atoms with van der Waals surface area (Å²) in [6.45, 7) is 1.25. The topological polar surface area (TPSA) is 99.7 Å². The molecule has 0 amide bonds. The summed E-state index contributed by atoms with van der Waals surface area (Å²) < 4.78 is 10.1. The molecular formula is C11H14O6. The molecule has 2 unspecified atom stereocenters. The van der Waals surface area contributed by atoms with Crippen LogP contribution in [0.3, 0.4) is 0 Å². The van der Waals surface area contributed by atoms with E-state index in [1.54, 1.807) is 0 Å². The van der Waals surface area contributed by atoms with Crippen molar-refractivity contribution in [3.63, 3.8) is 0 Å². The highest BCUT2D eigenvalue weighted by molar-refractivity contribution is 5.95. The second-order valence-corrected chi connectivity index (χ2v) is 4.32. The number of hydrogen-bond acceptors (Lipinski definition) is 4. The maximum absolute atomic E-state index is 11.1. The van der Waals surface area contributed by atoms with E-state index in [0.717, 1.165) is 6.08 Å². The van der Waals surface area contributed by atoms with E-state index < -0.39 is 11.9 Å². The van der Waals surface area contributed by atoms with Crippen LogP contribution in [0.15, 0.2) is 11.6 Å². The van der Waals surface area contributed by atoms with E-state index in [1.165, 1.54) is 0 Å². The summed E-state index contributed by atoms with van der Waals surface area (Å²) in [5, 5.41) is 17.7. The van der Waals surface area contributed by atoms with Crippen LogP contribution in [0.5, 0.6) is 0 Å². The molecule has 94 valence electrons. The van der Waals surface area contributed by atoms with Crippen molar-refractivity contribution in [2.45, 2.75) is 25.0 Å². The van der Waals surface area contributed by atoms with Gasteiger partial charge in [-0.05, 0) is 18.8 Å². The molecule has 0 aromatic rings. The molecule has 0 aliphatic carbocycles. The fraction of sp³-hybridized carbons (Fsp3) is 0.636. The standard InChI is InChI=1S/C11H14O6/c12-10(13)3-9(11(14)15)6(1-7-4-16-7)2-8-5-17-8/h3,6-8H,1-2,4-5H2,(H,12,13)(H,14,15)/b9-3-. The van der Waals surface area contributed by atoms with Gasteiger partial charge < -0.3 is 19.7 Å². The van der Waals surface area contributed by atoms with Gasteiger partial charge in [-0.15, -0.1) is 0 Å². The van der Waals surface area contributed by atoms with Crippen LogP contribution in [0.2, 0.25) is 0 Å². The predicted octanol–water partition coefficient (Wildman–Crippen LogP) is 0.276. The SMILES string of the molecule is O=C(O)/C=C(\C(=O)O)C(CC1CO1)CC1CO1. The van der Waals surface area contributed by atoms with Crippen molar-refractivity contribution in [3.8, 4) is 0 Å².